The van der Waals surface area contributed by atoms with Gasteiger partial charge >= 0.3 is 0 Å². The second-order valence-corrected chi connectivity index (χ2v) is 3.90. The Balaban J connectivity index is 2.49. The Kier molecular flexibility index (Phi) is 3.01. The van der Waals surface area contributed by atoms with Crippen molar-refractivity contribution in [3.05, 3.63) is 29.9 Å². The molecule has 0 amide bonds. The van der Waals surface area contributed by atoms with Crippen LogP contribution in [0.25, 0.3) is 0 Å². The fourth-order valence-corrected chi connectivity index (χ4v) is 1.84. The highest BCUT2D eigenvalue weighted by atomic mass is 32.2. The van der Waals surface area contributed by atoms with Crippen LogP contribution in [0.2, 0.25) is 0 Å². The van der Waals surface area contributed by atoms with Crippen LogP contribution in [0.5, 0.6) is 0 Å². The molecule has 0 saturated carbocycles. The average molecular weight is 264 g/mol. The van der Waals surface area contributed by atoms with E-state index in [1.807, 2.05) is 0 Å². The summed E-state index contributed by atoms with van der Waals surface area (Å²) in [5.74, 6) is -6.52. The Labute approximate surface area is 96.7 Å². The minimum absolute atomic E-state index is 0.0906. The van der Waals surface area contributed by atoms with Gasteiger partial charge in [-0.05, 0) is 11.8 Å². The summed E-state index contributed by atoms with van der Waals surface area (Å²) in [5, 5.41) is 3.74. The molecule has 0 unspecified atom stereocenters. The first-order chi connectivity index (χ1) is 8.00. The van der Waals surface area contributed by atoms with Crippen molar-refractivity contribution >= 4 is 11.8 Å². The van der Waals surface area contributed by atoms with Crippen molar-refractivity contribution < 1.29 is 17.6 Å². The maximum absolute atomic E-state index is 13.2. The number of aromatic nitrogens is 4. The lowest BCUT2D eigenvalue weighted by atomic mass is 10.4. The molecule has 2 heterocycles. The van der Waals surface area contributed by atoms with Crippen LogP contribution < -0.4 is 0 Å². The molecule has 0 atom stereocenters. The minimum Gasteiger partial charge on any atom is -0.244 e. The number of aryl methyl sites for hydroxylation is 1. The van der Waals surface area contributed by atoms with Gasteiger partial charge in [-0.15, -0.1) is 0 Å². The Hall–Kier alpha value is -1.64. The lowest BCUT2D eigenvalue weighted by molar-refractivity contribution is 0.383. The summed E-state index contributed by atoms with van der Waals surface area (Å²) in [4.78, 5) is 5.27. The third-order valence-electron chi connectivity index (χ3n) is 1.82. The third kappa shape index (κ3) is 2.09. The molecule has 0 bridgehead atoms. The molecule has 2 rings (SSSR count). The topological polar surface area (TPSA) is 43.6 Å². The second-order valence-electron chi connectivity index (χ2n) is 2.92. The molecule has 0 aliphatic heterocycles. The van der Waals surface area contributed by atoms with Crippen molar-refractivity contribution in [3.8, 4) is 0 Å². The van der Waals surface area contributed by atoms with E-state index < -0.39 is 28.4 Å². The molecular weight excluding hydrogens is 260 g/mol. The van der Waals surface area contributed by atoms with Crippen molar-refractivity contribution in [1.29, 1.82) is 0 Å². The fraction of sp³-hybridized carbons (Fsp3) is 0.125. The molecule has 4 nitrogen and oxygen atoms in total. The Morgan fingerprint density at radius 2 is 1.71 bits per heavy atom. The van der Waals surface area contributed by atoms with Gasteiger partial charge in [0, 0.05) is 7.05 Å². The van der Waals surface area contributed by atoms with Gasteiger partial charge in [0.05, 0.1) is 4.90 Å². The molecular formula is C8H4F4N4S. The zero-order valence-corrected chi connectivity index (χ0v) is 9.10. The molecule has 2 aromatic rings. The number of nitrogens with zero attached hydrogens (tertiary/aromatic N) is 4. The molecule has 2 aromatic heterocycles. The van der Waals surface area contributed by atoms with E-state index in [-0.39, 0.29) is 5.16 Å². The molecule has 0 saturated heterocycles. The first-order valence-electron chi connectivity index (χ1n) is 4.22. The SMILES string of the molecule is Cn1ncnc1Sc1c(F)c(F)nc(F)c1F. The van der Waals surface area contributed by atoms with Crippen LogP contribution in [-0.4, -0.2) is 19.7 Å². The number of pyridine rings is 1. The highest BCUT2D eigenvalue weighted by molar-refractivity contribution is 7.99. The van der Waals surface area contributed by atoms with E-state index in [9.17, 15) is 17.6 Å². The monoisotopic (exact) mass is 264 g/mol. The summed E-state index contributed by atoms with van der Waals surface area (Å²) in [6.45, 7) is 0. The van der Waals surface area contributed by atoms with Gasteiger partial charge in [-0.2, -0.15) is 18.9 Å². The molecule has 0 N–H and O–H groups in total. The second kappa shape index (κ2) is 4.32. The van der Waals surface area contributed by atoms with Crippen molar-refractivity contribution in [3.63, 3.8) is 0 Å². The highest BCUT2D eigenvalue weighted by Crippen LogP contribution is 2.31. The van der Waals surface area contributed by atoms with Gasteiger partial charge in [-0.1, -0.05) is 0 Å². The summed E-state index contributed by atoms with van der Waals surface area (Å²) >= 11 is 0.422. The predicted octanol–water partition coefficient (Wildman–Crippen LogP) is 1.92. The lowest BCUT2D eigenvalue weighted by Crippen LogP contribution is -2.03. The van der Waals surface area contributed by atoms with Crippen LogP contribution >= 0.6 is 11.8 Å². The van der Waals surface area contributed by atoms with E-state index in [0.29, 0.717) is 11.8 Å². The largest absolute Gasteiger partial charge is 0.252 e. The van der Waals surface area contributed by atoms with Crippen molar-refractivity contribution in [2.45, 2.75) is 10.1 Å². The van der Waals surface area contributed by atoms with E-state index in [1.54, 1.807) is 0 Å². The molecule has 90 valence electrons. The van der Waals surface area contributed by atoms with Crippen molar-refractivity contribution in [1.82, 2.24) is 19.7 Å². The number of halogens is 4. The quantitative estimate of drug-likeness (QED) is 0.614. The highest BCUT2D eigenvalue weighted by Gasteiger charge is 2.22. The molecule has 0 spiro atoms. The summed E-state index contributed by atoms with van der Waals surface area (Å²) in [6, 6.07) is 0. The first kappa shape index (κ1) is 11.8. The maximum atomic E-state index is 13.2. The molecule has 0 aromatic carbocycles. The van der Waals surface area contributed by atoms with Gasteiger partial charge in [-0.3, -0.25) is 0 Å². The first-order valence-corrected chi connectivity index (χ1v) is 5.04. The van der Waals surface area contributed by atoms with Crippen LogP contribution in [0.1, 0.15) is 0 Å². The van der Waals surface area contributed by atoms with Gasteiger partial charge < -0.3 is 0 Å². The number of rotatable bonds is 2. The van der Waals surface area contributed by atoms with E-state index in [0.717, 1.165) is 6.33 Å². The zero-order chi connectivity index (χ0) is 12.6. The van der Waals surface area contributed by atoms with Gasteiger partial charge in [-0.25, -0.2) is 18.4 Å². The Morgan fingerprint density at radius 3 is 2.18 bits per heavy atom. The van der Waals surface area contributed by atoms with Gasteiger partial charge in [0.25, 0.3) is 11.9 Å². The molecule has 9 heteroatoms. The van der Waals surface area contributed by atoms with E-state index in [4.69, 9.17) is 0 Å². The summed E-state index contributed by atoms with van der Waals surface area (Å²) < 4.78 is 53.3. The van der Waals surface area contributed by atoms with Crippen LogP contribution in [0, 0.1) is 23.5 Å². The van der Waals surface area contributed by atoms with Crippen LogP contribution in [-0.2, 0) is 7.05 Å². The minimum atomic E-state index is -1.70. The van der Waals surface area contributed by atoms with Crippen LogP contribution in [0.3, 0.4) is 0 Å². The lowest BCUT2D eigenvalue weighted by Gasteiger charge is -2.04. The van der Waals surface area contributed by atoms with Crippen LogP contribution in [0.4, 0.5) is 17.6 Å². The van der Waals surface area contributed by atoms with E-state index >= 15 is 0 Å². The average Bonchev–Trinajstić information content (AvgIpc) is 2.68. The normalized spacial score (nSPS) is 10.9. The molecule has 0 fully saturated rings. The van der Waals surface area contributed by atoms with Gasteiger partial charge in [0.2, 0.25) is 0 Å². The number of hydrogen-bond acceptors (Lipinski definition) is 4. The Bertz CT molecular complexity index is 545. The standard InChI is InChI=1S/C8H4F4N4S/c1-16-8(13-2-14-16)17-5-3(9)6(11)15-7(12)4(5)10/h2H,1H3. The summed E-state index contributed by atoms with van der Waals surface area (Å²) in [6.07, 6.45) is 1.14. The van der Waals surface area contributed by atoms with Gasteiger partial charge in [0.15, 0.2) is 16.8 Å². The van der Waals surface area contributed by atoms with Gasteiger partial charge in [0.1, 0.15) is 6.33 Å². The van der Waals surface area contributed by atoms with Crippen molar-refractivity contribution in [2.24, 2.45) is 7.05 Å². The third-order valence-corrected chi connectivity index (χ3v) is 2.94. The molecule has 0 aliphatic rings. The smallest absolute Gasteiger partial charge is 0.244 e. The molecule has 17 heavy (non-hydrogen) atoms. The van der Waals surface area contributed by atoms with Crippen molar-refractivity contribution in [2.75, 3.05) is 0 Å². The van der Waals surface area contributed by atoms with Crippen LogP contribution in [0.15, 0.2) is 16.4 Å². The number of hydrogen-bond donors (Lipinski definition) is 0. The van der Waals surface area contributed by atoms with E-state index in [1.165, 1.54) is 11.7 Å². The summed E-state index contributed by atoms with van der Waals surface area (Å²) in [7, 11) is 1.47. The molecule has 0 aliphatic carbocycles. The Morgan fingerprint density at radius 1 is 1.12 bits per heavy atom. The molecule has 0 radical (unpaired) electrons. The fourth-order valence-electron chi connectivity index (χ4n) is 1.03. The maximum Gasteiger partial charge on any atom is 0.252 e. The summed E-state index contributed by atoms with van der Waals surface area (Å²) in [5.41, 5.74) is 0. The van der Waals surface area contributed by atoms with E-state index in [2.05, 4.69) is 15.1 Å². The predicted molar refractivity (Wildman–Crippen MR) is 49.2 cm³/mol. The zero-order valence-electron chi connectivity index (χ0n) is 8.29.